The number of amides is 3. The number of nitrogens with zero attached hydrogens (tertiary/aromatic N) is 3. The lowest BCUT2D eigenvalue weighted by molar-refractivity contribution is -0.119. The molecule has 0 atom stereocenters. The Kier molecular flexibility index (Phi) is 5.71. The van der Waals surface area contributed by atoms with Gasteiger partial charge in [0.15, 0.2) is 0 Å². The van der Waals surface area contributed by atoms with Crippen molar-refractivity contribution in [1.29, 1.82) is 0 Å². The largest absolute Gasteiger partial charge is 0.354 e. The van der Waals surface area contributed by atoms with Gasteiger partial charge in [-0.05, 0) is 38.5 Å². The highest BCUT2D eigenvalue weighted by Crippen LogP contribution is 2.39. The molecule has 2 heterocycles. The van der Waals surface area contributed by atoms with Crippen LogP contribution in [-0.2, 0) is 4.79 Å². The van der Waals surface area contributed by atoms with E-state index >= 15 is 0 Å². The minimum absolute atomic E-state index is 0.00841. The molecule has 154 valence electrons. The molecule has 2 aromatic rings. The van der Waals surface area contributed by atoms with Crippen molar-refractivity contribution in [2.45, 2.75) is 63.5 Å². The van der Waals surface area contributed by atoms with Gasteiger partial charge in [0, 0.05) is 37.2 Å². The summed E-state index contributed by atoms with van der Waals surface area (Å²) in [4.78, 5) is 32.2. The maximum absolute atomic E-state index is 12.4. The zero-order chi connectivity index (χ0) is 20.4. The third kappa shape index (κ3) is 5.06. The molecule has 0 aromatic carbocycles. The Balaban J connectivity index is 1.34. The topological polar surface area (TPSA) is 101 Å². The molecular weight excluding hydrogens is 392 g/mol. The van der Waals surface area contributed by atoms with E-state index in [4.69, 9.17) is 11.6 Å². The average Bonchev–Trinajstić information content (AvgIpc) is 3.42. The van der Waals surface area contributed by atoms with Crippen molar-refractivity contribution in [3.8, 4) is 5.69 Å². The van der Waals surface area contributed by atoms with E-state index in [-0.39, 0.29) is 24.0 Å². The van der Waals surface area contributed by atoms with Crippen molar-refractivity contribution < 1.29 is 9.59 Å². The molecule has 8 nitrogen and oxygen atoms in total. The standard InChI is InChI=1S/C20H25ClN6O2/c1-12(28)24-14-4-6-15(7-5-14)25-20(29)26-19-8-18(16(21)9-22-19)27-10-17(23-11-27)13-2-3-13/h8-11,13-15H,2-7H2,1H3,(H,24,28)(H2,22,25,26,29). The maximum Gasteiger partial charge on any atom is 0.320 e. The lowest BCUT2D eigenvalue weighted by Crippen LogP contribution is -2.44. The Morgan fingerprint density at radius 3 is 2.41 bits per heavy atom. The summed E-state index contributed by atoms with van der Waals surface area (Å²) in [6.45, 7) is 1.53. The average molecular weight is 417 g/mol. The Labute approximate surface area is 174 Å². The second-order valence-corrected chi connectivity index (χ2v) is 8.26. The van der Waals surface area contributed by atoms with Gasteiger partial charge in [0.25, 0.3) is 0 Å². The lowest BCUT2D eigenvalue weighted by Gasteiger charge is -2.29. The van der Waals surface area contributed by atoms with Crippen molar-refractivity contribution in [1.82, 2.24) is 25.2 Å². The molecule has 3 N–H and O–H groups in total. The molecule has 9 heteroatoms. The SMILES string of the molecule is CC(=O)NC1CCC(NC(=O)Nc2cc(-n3cnc(C4CC4)c3)c(Cl)cn2)CC1. The Bertz CT molecular complexity index is 902. The van der Waals surface area contributed by atoms with Gasteiger partial charge in [-0.25, -0.2) is 14.8 Å². The number of urea groups is 1. The number of nitrogens with one attached hydrogen (secondary N) is 3. The molecule has 29 heavy (non-hydrogen) atoms. The van der Waals surface area contributed by atoms with Gasteiger partial charge in [0.2, 0.25) is 5.91 Å². The summed E-state index contributed by atoms with van der Waals surface area (Å²) >= 11 is 6.31. The van der Waals surface area contributed by atoms with Gasteiger partial charge in [0.05, 0.1) is 28.9 Å². The van der Waals surface area contributed by atoms with Crippen LogP contribution in [0.1, 0.15) is 57.1 Å². The fraction of sp³-hybridized carbons (Fsp3) is 0.500. The number of rotatable bonds is 5. The van der Waals surface area contributed by atoms with Crippen LogP contribution in [0.3, 0.4) is 0 Å². The predicted octanol–water partition coefficient (Wildman–Crippen LogP) is 3.37. The van der Waals surface area contributed by atoms with Crippen LogP contribution in [0.25, 0.3) is 5.69 Å². The van der Waals surface area contributed by atoms with Crippen LogP contribution < -0.4 is 16.0 Å². The van der Waals surface area contributed by atoms with Crippen LogP contribution in [0, 0.1) is 0 Å². The Morgan fingerprint density at radius 1 is 1.07 bits per heavy atom. The fourth-order valence-corrected chi connectivity index (χ4v) is 3.96. The van der Waals surface area contributed by atoms with Crippen LogP contribution in [0.4, 0.5) is 10.6 Å². The quantitative estimate of drug-likeness (QED) is 0.695. The van der Waals surface area contributed by atoms with E-state index < -0.39 is 0 Å². The van der Waals surface area contributed by atoms with Gasteiger partial charge in [-0.15, -0.1) is 0 Å². The van der Waals surface area contributed by atoms with Crippen LogP contribution in [0.5, 0.6) is 0 Å². The van der Waals surface area contributed by atoms with Crippen molar-refractivity contribution in [3.05, 3.63) is 35.5 Å². The van der Waals surface area contributed by atoms with E-state index in [1.807, 2.05) is 10.8 Å². The second-order valence-electron chi connectivity index (χ2n) is 7.85. The summed E-state index contributed by atoms with van der Waals surface area (Å²) in [5.41, 5.74) is 1.80. The van der Waals surface area contributed by atoms with E-state index in [2.05, 4.69) is 25.9 Å². The molecule has 3 amide bonds. The van der Waals surface area contributed by atoms with Crippen molar-refractivity contribution in [2.75, 3.05) is 5.32 Å². The van der Waals surface area contributed by atoms with Gasteiger partial charge in [-0.3, -0.25) is 10.1 Å². The van der Waals surface area contributed by atoms with Crippen molar-refractivity contribution >= 4 is 29.4 Å². The number of halogens is 1. The van der Waals surface area contributed by atoms with Crippen LogP contribution >= 0.6 is 11.6 Å². The molecule has 2 fully saturated rings. The van der Waals surface area contributed by atoms with E-state index in [1.54, 1.807) is 12.4 Å². The van der Waals surface area contributed by atoms with Crippen LogP contribution in [0.15, 0.2) is 24.8 Å². The first-order chi connectivity index (χ1) is 14.0. The molecule has 2 aliphatic carbocycles. The maximum atomic E-state index is 12.4. The molecule has 0 saturated heterocycles. The molecule has 0 radical (unpaired) electrons. The fourth-order valence-electron chi connectivity index (χ4n) is 3.76. The highest BCUT2D eigenvalue weighted by Gasteiger charge is 2.26. The highest BCUT2D eigenvalue weighted by atomic mass is 35.5. The first kappa shape index (κ1) is 19.7. The van der Waals surface area contributed by atoms with E-state index in [0.717, 1.165) is 37.1 Å². The molecule has 0 spiro atoms. The molecule has 0 bridgehead atoms. The van der Waals surface area contributed by atoms with Crippen molar-refractivity contribution in [3.63, 3.8) is 0 Å². The van der Waals surface area contributed by atoms with Crippen LogP contribution in [-0.4, -0.2) is 38.6 Å². The normalized spacial score (nSPS) is 21.4. The van der Waals surface area contributed by atoms with Crippen molar-refractivity contribution in [2.24, 2.45) is 0 Å². The minimum Gasteiger partial charge on any atom is -0.354 e. The van der Waals surface area contributed by atoms with Crippen LogP contribution in [0.2, 0.25) is 5.02 Å². The first-order valence-electron chi connectivity index (χ1n) is 10.0. The third-order valence-corrected chi connectivity index (χ3v) is 5.71. The molecule has 2 saturated carbocycles. The number of carbonyl (C=O) groups is 2. The summed E-state index contributed by atoms with van der Waals surface area (Å²) < 4.78 is 1.87. The number of hydrogen-bond acceptors (Lipinski definition) is 4. The number of carbonyl (C=O) groups excluding carboxylic acids is 2. The Morgan fingerprint density at radius 2 is 1.76 bits per heavy atom. The number of pyridine rings is 1. The Hall–Kier alpha value is -2.61. The first-order valence-corrected chi connectivity index (χ1v) is 10.4. The van der Waals surface area contributed by atoms with Gasteiger partial charge >= 0.3 is 6.03 Å². The lowest BCUT2D eigenvalue weighted by atomic mass is 9.91. The van der Waals surface area contributed by atoms with Gasteiger partial charge in [-0.2, -0.15) is 0 Å². The predicted molar refractivity (Wildman–Crippen MR) is 110 cm³/mol. The van der Waals surface area contributed by atoms with E-state index in [9.17, 15) is 9.59 Å². The zero-order valence-electron chi connectivity index (χ0n) is 16.3. The molecule has 0 aliphatic heterocycles. The minimum atomic E-state index is -0.293. The zero-order valence-corrected chi connectivity index (χ0v) is 17.1. The molecule has 2 aliphatic rings. The van der Waals surface area contributed by atoms with Gasteiger partial charge < -0.3 is 15.2 Å². The third-order valence-electron chi connectivity index (χ3n) is 5.42. The summed E-state index contributed by atoms with van der Waals surface area (Å²) in [6, 6.07) is 1.73. The van der Waals surface area contributed by atoms with Gasteiger partial charge in [-0.1, -0.05) is 11.6 Å². The smallest absolute Gasteiger partial charge is 0.320 e. The van der Waals surface area contributed by atoms with Gasteiger partial charge in [0.1, 0.15) is 5.82 Å². The molecular formula is C20H25ClN6O2. The molecule has 0 unspecified atom stereocenters. The summed E-state index contributed by atoms with van der Waals surface area (Å²) in [6.07, 6.45) is 11.0. The number of aromatic nitrogens is 3. The summed E-state index contributed by atoms with van der Waals surface area (Å²) in [5, 5.41) is 9.21. The number of imidazole rings is 1. The van der Waals surface area contributed by atoms with E-state index in [1.165, 1.54) is 26.0 Å². The summed E-state index contributed by atoms with van der Waals surface area (Å²) in [5.74, 6) is 0.974. The highest BCUT2D eigenvalue weighted by molar-refractivity contribution is 6.32. The van der Waals surface area contributed by atoms with E-state index in [0.29, 0.717) is 16.8 Å². The molecule has 4 rings (SSSR count). The number of hydrogen-bond donors (Lipinski definition) is 3. The number of anilines is 1. The second kappa shape index (κ2) is 8.41. The summed E-state index contributed by atoms with van der Waals surface area (Å²) in [7, 11) is 0. The monoisotopic (exact) mass is 416 g/mol. The molecule has 2 aromatic heterocycles.